The molecule has 27 heavy (non-hydrogen) atoms. The Kier molecular flexibility index (Phi) is 5.22. The molecule has 1 saturated carbocycles. The number of benzene rings is 1. The summed E-state index contributed by atoms with van der Waals surface area (Å²) < 4.78 is 25.5. The van der Waals surface area contributed by atoms with Crippen molar-refractivity contribution in [1.82, 2.24) is 14.5 Å². The van der Waals surface area contributed by atoms with E-state index in [1.807, 2.05) is 39.9 Å². The summed E-state index contributed by atoms with van der Waals surface area (Å²) in [5.74, 6) is 0.523. The normalized spacial score (nSPS) is 21.3. The first-order valence-corrected chi connectivity index (χ1v) is 12.0. The lowest BCUT2D eigenvalue weighted by molar-refractivity contribution is -0.130. The molecule has 0 bridgehead atoms. The molecule has 0 radical (unpaired) electrons. The average Bonchev–Trinajstić information content (AvgIpc) is 3.23. The van der Waals surface area contributed by atoms with E-state index in [0.29, 0.717) is 11.4 Å². The number of sulfone groups is 1. The average molecular weight is 426 g/mol. The van der Waals surface area contributed by atoms with Crippen LogP contribution in [-0.2, 0) is 14.6 Å². The van der Waals surface area contributed by atoms with Gasteiger partial charge in [-0.2, -0.15) is 0 Å². The van der Waals surface area contributed by atoms with Crippen LogP contribution in [0.25, 0.3) is 5.69 Å². The lowest BCUT2D eigenvalue weighted by Gasteiger charge is -2.28. The summed E-state index contributed by atoms with van der Waals surface area (Å²) in [4.78, 5) is 19.0. The molecule has 6 nitrogen and oxygen atoms in total. The van der Waals surface area contributed by atoms with Gasteiger partial charge >= 0.3 is 0 Å². The number of hydrogen-bond donors (Lipinski definition) is 0. The summed E-state index contributed by atoms with van der Waals surface area (Å²) in [6, 6.07) is 7.45. The molecule has 2 fully saturated rings. The minimum atomic E-state index is -3.01. The fraction of sp³-hybridized carbons (Fsp3) is 0.444. The number of hydrogen-bond acceptors (Lipinski definition) is 5. The number of rotatable bonds is 6. The van der Waals surface area contributed by atoms with E-state index in [4.69, 9.17) is 11.6 Å². The maximum absolute atomic E-state index is 12.9. The highest BCUT2D eigenvalue weighted by atomic mass is 35.5. The zero-order chi connectivity index (χ0) is 19.0. The van der Waals surface area contributed by atoms with Crippen LogP contribution >= 0.6 is 23.4 Å². The van der Waals surface area contributed by atoms with Gasteiger partial charge in [-0.25, -0.2) is 13.4 Å². The molecule has 2 aromatic rings. The highest BCUT2D eigenvalue weighted by molar-refractivity contribution is 7.99. The van der Waals surface area contributed by atoms with Crippen LogP contribution in [0, 0.1) is 0 Å². The molecule has 1 unspecified atom stereocenters. The number of amides is 1. The van der Waals surface area contributed by atoms with Crippen LogP contribution in [0.4, 0.5) is 0 Å². The predicted octanol–water partition coefficient (Wildman–Crippen LogP) is 2.80. The van der Waals surface area contributed by atoms with Crippen molar-refractivity contribution >= 4 is 39.1 Å². The minimum absolute atomic E-state index is 0.00439. The molecule has 144 valence electrons. The molecule has 1 atom stereocenters. The van der Waals surface area contributed by atoms with Gasteiger partial charge in [0.15, 0.2) is 15.0 Å². The SMILES string of the molecule is O=C(CSc1nccn1-c1ccc(Cl)cc1)N(C1CC1)C1CCS(=O)(=O)C1. The molecule has 1 aliphatic carbocycles. The first-order chi connectivity index (χ1) is 12.9. The second-order valence-electron chi connectivity index (χ2n) is 6.93. The summed E-state index contributed by atoms with van der Waals surface area (Å²) in [5.41, 5.74) is 0.924. The molecule has 4 rings (SSSR count). The van der Waals surface area contributed by atoms with Crippen molar-refractivity contribution < 1.29 is 13.2 Å². The summed E-state index contributed by atoms with van der Waals surface area (Å²) in [5, 5.41) is 1.38. The van der Waals surface area contributed by atoms with Crippen molar-refractivity contribution in [3.05, 3.63) is 41.7 Å². The number of thioether (sulfide) groups is 1. The van der Waals surface area contributed by atoms with E-state index in [9.17, 15) is 13.2 Å². The lowest BCUT2D eigenvalue weighted by atomic mass is 10.2. The van der Waals surface area contributed by atoms with Crippen LogP contribution in [0.2, 0.25) is 5.02 Å². The topological polar surface area (TPSA) is 72.3 Å². The largest absolute Gasteiger partial charge is 0.335 e. The first kappa shape index (κ1) is 18.8. The van der Waals surface area contributed by atoms with E-state index in [0.717, 1.165) is 23.7 Å². The lowest BCUT2D eigenvalue weighted by Crippen LogP contribution is -2.43. The van der Waals surface area contributed by atoms with Gasteiger partial charge in [0.05, 0.1) is 17.3 Å². The van der Waals surface area contributed by atoms with Gasteiger partial charge in [-0.15, -0.1) is 0 Å². The van der Waals surface area contributed by atoms with E-state index >= 15 is 0 Å². The smallest absolute Gasteiger partial charge is 0.233 e. The number of aromatic nitrogens is 2. The third kappa shape index (κ3) is 4.33. The third-order valence-corrected chi connectivity index (χ3v) is 7.82. The Hall–Kier alpha value is -1.51. The first-order valence-electron chi connectivity index (χ1n) is 8.87. The van der Waals surface area contributed by atoms with E-state index < -0.39 is 9.84 Å². The zero-order valence-electron chi connectivity index (χ0n) is 14.6. The zero-order valence-corrected chi connectivity index (χ0v) is 17.0. The van der Waals surface area contributed by atoms with Gasteiger partial charge < -0.3 is 4.90 Å². The summed E-state index contributed by atoms with van der Waals surface area (Å²) in [6.45, 7) is 0. The molecule has 1 amide bonds. The molecule has 1 aromatic carbocycles. The summed E-state index contributed by atoms with van der Waals surface area (Å²) >= 11 is 7.32. The number of imidazole rings is 1. The number of carbonyl (C=O) groups excluding carboxylic acids is 1. The maximum Gasteiger partial charge on any atom is 0.233 e. The Balaban J connectivity index is 1.45. The Bertz CT molecular complexity index is 939. The fourth-order valence-electron chi connectivity index (χ4n) is 3.45. The molecule has 9 heteroatoms. The number of nitrogens with zero attached hydrogens (tertiary/aromatic N) is 3. The predicted molar refractivity (Wildman–Crippen MR) is 106 cm³/mol. The Morgan fingerprint density at radius 1 is 1.22 bits per heavy atom. The van der Waals surface area contributed by atoms with Gasteiger partial charge in [0.1, 0.15) is 0 Å². The molecule has 2 aliphatic rings. The molecule has 1 aliphatic heterocycles. The Morgan fingerprint density at radius 3 is 2.59 bits per heavy atom. The van der Waals surface area contributed by atoms with Crippen molar-refractivity contribution in [2.24, 2.45) is 0 Å². The van der Waals surface area contributed by atoms with E-state index in [1.165, 1.54) is 11.8 Å². The number of carbonyl (C=O) groups is 1. The molecular formula is C18H20ClN3O3S2. The second-order valence-corrected chi connectivity index (χ2v) is 10.5. The third-order valence-electron chi connectivity index (χ3n) is 4.87. The van der Waals surface area contributed by atoms with Crippen molar-refractivity contribution in [3.8, 4) is 5.69 Å². The van der Waals surface area contributed by atoms with Gasteiger partial charge in [0.2, 0.25) is 5.91 Å². The molecule has 2 heterocycles. The highest BCUT2D eigenvalue weighted by Gasteiger charge is 2.41. The Morgan fingerprint density at radius 2 is 1.96 bits per heavy atom. The highest BCUT2D eigenvalue weighted by Crippen LogP contribution is 2.33. The van der Waals surface area contributed by atoms with E-state index in [-0.39, 0.29) is 35.2 Å². The summed E-state index contributed by atoms with van der Waals surface area (Å²) in [6.07, 6.45) is 6.02. The van der Waals surface area contributed by atoms with Crippen molar-refractivity contribution in [1.29, 1.82) is 0 Å². The van der Waals surface area contributed by atoms with Crippen molar-refractivity contribution in [2.45, 2.75) is 36.5 Å². The van der Waals surface area contributed by atoms with Crippen molar-refractivity contribution in [2.75, 3.05) is 17.3 Å². The van der Waals surface area contributed by atoms with Crippen molar-refractivity contribution in [3.63, 3.8) is 0 Å². The molecule has 0 N–H and O–H groups in total. The van der Waals surface area contributed by atoms with Gasteiger partial charge in [-0.1, -0.05) is 23.4 Å². The van der Waals surface area contributed by atoms with Gasteiger partial charge in [-0.05, 0) is 43.5 Å². The van der Waals surface area contributed by atoms with E-state index in [1.54, 1.807) is 6.20 Å². The molecule has 0 spiro atoms. The van der Waals surface area contributed by atoms with Gasteiger partial charge in [0, 0.05) is 35.2 Å². The number of halogens is 1. The van der Waals surface area contributed by atoms with E-state index in [2.05, 4.69) is 4.98 Å². The van der Waals surface area contributed by atoms with Gasteiger partial charge in [-0.3, -0.25) is 9.36 Å². The Labute approximate surface area is 167 Å². The monoisotopic (exact) mass is 425 g/mol. The van der Waals surface area contributed by atoms with Crippen LogP contribution in [0.15, 0.2) is 41.8 Å². The van der Waals surface area contributed by atoms with Gasteiger partial charge in [0.25, 0.3) is 0 Å². The van der Waals surface area contributed by atoms with Crippen LogP contribution in [0.3, 0.4) is 0 Å². The quantitative estimate of drug-likeness (QED) is 0.665. The molecule has 1 saturated heterocycles. The van der Waals surface area contributed by atoms with Crippen LogP contribution in [0.1, 0.15) is 19.3 Å². The van der Waals surface area contributed by atoms with Crippen LogP contribution in [-0.4, -0.2) is 58.1 Å². The standard InChI is InChI=1S/C18H20ClN3O3S2/c19-13-1-3-14(4-2-13)21-9-8-20-18(21)26-11-17(23)22(15-5-6-15)16-7-10-27(24,25)12-16/h1-4,8-9,15-16H,5-7,10-12H2. The van der Waals surface area contributed by atoms with Crippen LogP contribution in [0.5, 0.6) is 0 Å². The second kappa shape index (κ2) is 7.48. The summed E-state index contributed by atoms with van der Waals surface area (Å²) in [7, 11) is -3.01. The van der Waals surface area contributed by atoms with Crippen LogP contribution < -0.4 is 0 Å². The minimum Gasteiger partial charge on any atom is -0.335 e. The fourth-order valence-corrected chi connectivity index (χ4v) is 6.13. The maximum atomic E-state index is 12.9. The molecule has 1 aromatic heterocycles. The molecular weight excluding hydrogens is 406 g/mol.